The summed E-state index contributed by atoms with van der Waals surface area (Å²) in [4.78, 5) is 24.2. The van der Waals surface area contributed by atoms with Crippen LogP contribution in [0, 0.1) is 10.1 Å². The van der Waals surface area contributed by atoms with Crippen LogP contribution >= 0.6 is 11.6 Å². The standard InChI is InChI=1S/C17H18ClN3O3/c1-12(14-4-3-5-16(10-14)21(23)24)19-17(22)20(2)11-13-6-8-15(18)9-7-13/h3-10,12H,11H2,1-2H3,(H,19,22)/t12-/m0/s1. The van der Waals surface area contributed by atoms with Crippen molar-refractivity contribution < 1.29 is 9.72 Å². The second kappa shape index (κ2) is 7.79. The molecule has 126 valence electrons. The second-order valence-electron chi connectivity index (χ2n) is 5.51. The molecule has 0 heterocycles. The maximum absolute atomic E-state index is 12.3. The SMILES string of the molecule is C[C@H](NC(=O)N(C)Cc1ccc(Cl)cc1)c1cccc([N+](=O)[O-])c1. The molecule has 0 aliphatic heterocycles. The number of urea groups is 1. The van der Waals surface area contributed by atoms with Crippen molar-refractivity contribution in [1.82, 2.24) is 10.2 Å². The Balaban J connectivity index is 1.98. The highest BCUT2D eigenvalue weighted by Crippen LogP contribution is 2.19. The van der Waals surface area contributed by atoms with Gasteiger partial charge in [0.25, 0.3) is 5.69 Å². The molecule has 0 spiro atoms. The van der Waals surface area contributed by atoms with E-state index >= 15 is 0 Å². The zero-order valence-electron chi connectivity index (χ0n) is 13.4. The molecule has 0 fully saturated rings. The number of nitro benzene ring substituents is 1. The van der Waals surface area contributed by atoms with Gasteiger partial charge in [0.2, 0.25) is 0 Å². The highest BCUT2D eigenvalue weighted by atomic mass is 35.5. The molecule has 0 aliphatic rings. The van der Waals surface area contributed by atoms with E-state index in [1.807, 2.05) is 12.1 Å². The molecule has 2 aromatic rings. The lowest BCUT2D eigenvalue weighted by molar-refractivity contribution is -0.384. The minimum absolute atomic E-state index is 0.00289. The van der Waals surface area contributed by atoms with Crippen molar-refractivity contribution in [1.29, 1.82) is 0 Å². The number of amides is 2. The van der Waals surface area contributed by atoms with Crippen molar-refractivity contribution in [2.24, 2.45) is 0 Å². The molecular formula is C17H18ClN3O3. The summed E-state index contributed by atoms with van der Waals surface area (Å²) < 4.78 is 0. The van der Waals surface area contributed by atoms with Gasteiger partial charge in [-0.3, -0.25) is 10.1 Å². The third kappa shape index (κ3) is 4.70. The molecule has 1 N–H and O–H groups in total. The molecule has 2 rings (SSSR count). The summed E-state index contributed by atoms with van der Waals surface area (Å²) in [5.41, 5.74) is 1.64. The Hall–Kier alpha value is -2.60. The van der Waals surface area contributed by atoms with Gasteiger partial charge in [0.05, 0.1) is 11.0 Å². The summed E-state index contributed by atoms with van der Waals surface area (Å²) in [5.74, 6) is 0. The van der Waals surface area contributed by atoms with Crippen LogP contribution in [0.2, 0.25) is 5.02 Å². The van der Waals surface area contributed by atoms with E-state index in [9.17, 15) is 14.9 Å². The second-order valence-corrected chi connectivity index (χ2v) is 5.94. The molecule has 6 nitrogen and oxygen atoms in total. The van der Waals surface area contributed by atoms with Crippen LogP contribution < -0.4 is 5.32 Å². The van der Waals surface area contributed by atoms with Crippen LogP contribution in [-0.4, -0.2) is 22.9 Å². The van der Waals surface area contributed by atoms with Gasteiger partial charge in [-0.15, -0.1) is 0 Å². The molecule has 0 unspecified atom stereocenters. The van der Waals surface area contributed by atoms with Crippen LogP contribution in [0.1, 0.15) is 24.1 Å². The number of nitrogens with zero attached hydrogens (tertiary/aromatic N) is 2. The summed E-state index contributed by atoms with van der Waals surface area (Å²) in [6.07, 6.45) is 0. The smallest absolute Gasteiger partial charge is 0.317 e. The van der Waals surface area contributed by atoms with E-state index in [0.717, 1.165) is 5.56 Å². The molecule has 0 bridgehead atoms. The third-order valence-electron chi connectivity index (χ3n) is 3.60. The summed E-state index contributed by atoms with van der Waals surface area (Å²) in [7, 11) is 1.68. The van der Waals surface area contributed by atoms with Crippen LogP contribution in [0.3, 0.4) is 0 Å². The lowest BCUT2D eigenvalue weighted by atomic mass is 10.1. The van der Waals surface area contributed by atoms with Crippen molar-refractivity contribution >= 4 is 23.3 Å². The average molecular weight is 348 g/mol. The largest absolute Gasteiger partial charge is 0.331 e. The molecule has 2 aromatic carbocycles. The normalized spacial score (nSPS) is 11.6. The Kier molecular flexibility index (Phi) is 5.76. The Morgan fingerprint density at radius 3 is 2.58 bits per heavy atom. The fraction of sp³-hybridized carbons (Fsp3) is 0.235. The van der Waals surface area contributed by atoms with Gasteiger partial charge in [-0.05, 0) is 30.2 Å². The summed E-state index contributed by atoms with van der Waals surface area (Å²) >= 11 is 5.84. The molecule has 0 radical (unpaired) electrons. The van der Waals surface area contributed by atoms with Gasteiger partial charge >= 0.3 is 6.03 Å². The van der Waals surface area contributed by atoms with Gasteiger partial charge in [0.15, 0.2) is 0 Å². The van der Waals surface area contributed by atoms with Crippen molar-refractivity contribution in [2.75, 3.05) is 7.05 Å². The lowest BCUT2D eigenvalue weighted by Gasteiger charge is -2.21. The van der Waals surface area contributed by atoms with Crippen LogP contribution in [-0.2, 0) is 6.54 Å². The molecule has 0 aromatic heterocycles. The highest BCUT2D eigenvalue weighted by molar-refractivity contribution is 6.30. The predicted octanol–water partition coefficient (Wildman–Crippen LogP) is 4.15. The number of carbonyl (C=O) groups is 1. The van der Waals surface area contributed by atoms with E-state index in [1.165, 1.54) is 17.0 Å². The predicted molar refractivity (Wildman–Crippen MR) is 93.0 cm³/mol. The van der Waals surface area contributed by atoms with Crippen LogP contribution in [0.25, 0.3) is 0 Å². The monoisotopic (exact) mass is 347 g/mol. The molecule has 1 atom stereocenters. The first kappa shape index (κ1) is 17.7. The average Bonchev–Trinajstić information content (AvgIpc) is 2.56. The summed E-state index contributed by atoms with van der Waals surface area (Å²) in [6, 6.07) is 12.9. The number of benzene rings is 2. The highest BCUT2D eigenvalue weighted by Gasteiger charge is 2.15. The fourth-order valence-electron chi connectivity index (χ4n) is 2.22. The zero-order chi connectivity index (χ0) is 17.7. The van der Waals surface area contributed by atoms with Crippen molar-refractivity contribution in [3.8, 4) is 0 Å². The van der Waals surface area contributed by atoms with E-state index < -0.39 is 4.92 Å². The van der Waals surface area contributed by atoms with Gasteiger partial charge in [-0.2, -0.15) is 0 Å². The number of hydrogen-bond donors (Lipinski definition) is 1. The number of nitrogens with one attached hydrogen (secondary N) is 1. The topological polar surface area (TPSA) is 75.5 Å². The van der Waals surface area contributed by atoms with Gasteiger partial charge in [-0.1, -0.05) is 35.9 Å². The number of hydrogen-bond acceptors (Lipinski definition) is 3. The minimum Gasteiger partial charge on any atom is -0.331 e. The van der Waals surface area contributed by atoms with Crippen molar-refractivity contribution in [2.45, 2.75) is 19.5 Å². The number of non-ortho nitro benzene ring substituents is 1. The summed E-state index contributed by atoms with van der Waals surface area (Å²) in [5, 5.41) is 14.3. The Morgan fingerprint density at radius 1 is 1.29 bits per heavy atom. The van der Waals surface area contributed by atoms with E-state index in [4.69, 9.17) is 11.6 Å². The van der Waals surface area contributed by atoms with E-state index in [2.05, 4.69) is 5.32 Å². The molecule has 24 heavy (non-hydrogen) atoms. The maximum Gasteiger partial charge on any atom is 0.317 e. The van der Waals surface area contributed by atoms with Crippen molar-refractivity contribution in [3.63, 3.8) is 0 Å². The first-order valence-corrected chi connectivity index (χ1v) is 7.75. The van der Waals surface area contributed by atoms with Crippen LogP contribution in [0.4, 0.5) is 10.5 Å². The minimum atomic E-state index is -0.454. The Labute approximate surface area is 145 Å². The van der Waals surface area contributed by atoms with Gasteiger partial charge < -0.3 is 10.2 Å². The van der Waals surface area contributed by atoms with Crippen molar-refractivity contribution in [3.05, 3.63) is 74.8 Å². The van der Waals surface area contributed by atoms with E-state index in [0.29, 0.717) is 17.1 Å². The molecule has 0 aliphatic carbocycles. The lowest BCUT2D eigenvalue weighted by Crippen LogP contribution is -2.38. The van der Waals surface area contributed by atoms with Gasteiger partial charge in [-0.25, -0.2) is 4.79 Å². The first-order valence-electron chi connectivity index (χ1n) is 7.37. The fourth-order valence-corrected chi connectivity index (χ4v) is 2.35. The molecule has 0 saturated heterocycles. The third-order valence-corrected chi connectivity index (χ3v) is 3.85. The van der Waals surface area contributed by atoms with E-state index in [-0.39, 0.29) is 17.8 Å². The van der Waals surface area contributed by atoms with Gasteiger partial charge in [0, 0.05) is 30.7 Å². The Bertz CT molecular complexity index is 734. The first-order chi connectivity index (χ1) is 11.4. The molecule has 0 saturated carbocycles. The van der Waals surface area contributed by atoms with E-state index in [1.54, 1.807) is 38.2 Å². The van der Waals surface area contributed by atoms with Gasteiger partial charge in [0.1, 0.15) is 0 Å². The Morgan fingerprint density at radius 2 is 1.96 bits per heavy atom. The molecule has 7 heteroatoms. The zero-order valence-corrected chi connectivity index (χ0v) is 14.2. The number of halogens is 1. The van der Waals surface area contributed by atoms with Crippen LogP contribution in [0.5, 0.6) is 0 Å². The molecular weight excluding hydrogens is 330 g/mol. The van der Waals surface area contributed by atoms with Crippen LogP contribution in [0.15, 0.2) is 48.5 Å². The number of nitro groups is 1. The summed E-state index contributed by atoms with van der Waals surface area (Å²) in [6.45, 7) is 2.22. The number of carbonyl (C=O) groups excluding carboxylic acids is 1. The molecule has 2 amide bonds. The number of rotatable bonds is 5. The quantitative estimate of drug-likeness (QED) is 0.652. The maximum atomic E-state index is 12.3.